The minimum atomic E-state index is -0.534. The van der Waals surface area contributed by atoms with E-state index < -0.39 is 4.92 Å². The van der Waals surface area contributed by atoms with Gasteiger partial charge in [-0.2, -0.15) is 0 Å². The molecule has 62 valence electrons. The average molecular weight is 164 g/mol. The standard InChI is InChI=1S/C7H6N3O2/c1-5-2-3-6(10(11)12)4-7(5)9-8/h2-4H,1H3/q-1. The molecule has 0 aromatic heterocycles. The van der Waals surface area contributed by atoms with Crippen molar-refractivity contribution >= 4 is 11.4 Å². The van der Waals surface area contributed by atoms with E-state index in [1.165, 1.54) is 18.2 Å². The molecule has 0 aliphatic carbocycles. The van der Waals surface area contributed by atoms with Gasteiger partial charge in [-0.1, -0.05) is 6.07 Å². The SMILES string of the molecule is Cc1ccc([N+](=O)[O-])cc1N=[N-]. The molecule has 0 bridgehead atoms. The maximum Gasteiger partial charge on any atom is 0.271 e. The van der Waals surface area contributed by atoms with Crippen molar-refractivity contribution in [1.82, 2.24) is 0 Å². The molecule has 0 amide bonds. The first-order valence-electron chi connectivity index (χ1n) is 3.25. The van der Waals surface area contributed by atoms with Crippen LogP contribution in [0.5, 0.6) is 0 Å². The molecule has 5 nitrogen and oxygen atoms in total. The summed E-state index contributed by atoms with van der Waals surface area (Å²) in [6.45, 7) is 1.71. The second-order valence-corrected chi connectivity index (χ2v) is 2.33. The second-order valence-electron chi connectivity index (χ2n) is 2.33. The molecule has 1 aromatic rings. The Morgan fingerprint density at radius 1 is 1.58 bits per heavy atom. The molecule has 0 N–H and O–H groups in total. The van der Waals surface area contributed by atoms with Crippen LogP contribution in [0.25, 0.3) is 5.53 Å². The van der Waals surface area contributed by atoms with E-state index in [9.17, 15) is 10.1 Å². The van der Waals surface area contributed by atoms with Crippen LogP contribution in [0.1, 0.15) is 5.56 Å². The van der Waals surface area contributed by atoms with Crippen LogP contribution < -0.4 is 0 Å². The minimum Gasteiger partial charge on any atom is -0.706 e. The molecule has 1 rings (SSSR count). The van der Waals surface area contributed by atoms with Gasteiger partial charge in [0.1, 0.15) is 0 Å². The zero-order valence-electron chi connectivity index (χ0n) is 6.39. The van der Waals surface area contributed by atoms with Gasteiger partial charge in [-0.05, 0) is 12.5 Å². The summed E-state index contributed by atoms with van der Waals surface area (Å²) in [6, 6.07) is 4.12. The number of rotatable bonds is 2. The Bertz CT molecular complexity index is 335. The summed E-state index contributed by atoms with van der Waals surface area (Å²) < 4.78 is 0. The third-order valence-electron chi connectivity index (χ3n) is 1.51. The van der Waals surface area contributed by atoms with Crippen molar-refractivity contribution in [2.45, 2.75) is 6.92 Å². The van der Waals surface area contributed by atoms with E-state index in [2.05, 4.69) is 5.11 Å². The van der Waals surface area contributed by atoms with E-state index in [-0.39, 0.29) is 11.4 Å². The Kier molecular flexibility index (Phi) is 2.14. The van der Waals surface area contributed by atoms with Crippen molar-refractivity contribution in [3.05, 3.63) is 39.4 Å². The van der Waals surface area contributed by atoms with Gasteiger partial charge in [0.05, 0.1) is 4.92 Å². The molecular weight excluding hydrogens is 158 g/mol. The number of nitro groups is 1. The first-order chi connectivity index (χ1) is 5.65. The molecule has 5 heteroatoms. The highest BCUT2D eigenvalue weighted by atomic mass is 16.6. The summed E-state index contributed by atoms with van der Waals surface area (Å²) in [5, 5.41) is 13.2. The van der Waals surface area contributed by atoms with Crippen LogP contribution in [0.3, 0.4) is 0 Å². The fraction of sp³-hybridized carbons (Fsp3) is 0.143. The Morgan fingerprint density at radius 3 is 2.75 bits per heavy atom. The summed E-state index contributed by atoms with van der Waals surface area (Å²) in [5.74, 6) is 0. The number of nitro benzene ring substituents is 1. The lowest BCUT2D eigenvalue weighted by Crippen LogP contribution is -1.87. The number of aryl methyl sites for hydroxylation is 1. The van der Waals surface area contributed by atoms with Gasteiger partial charge in [0, 0.05) is 17.8 Å². The Balaban J connectivity index is 3.22. The van der Waals surface area contributed by atoms with Crippen molar-refractivity contribution in [2.75, 3.05) is 0 Å². The van der Waals surface area contributed by atoms with Gasteiger partial charge in [-0.3, -0.25) is 10.1 Å². The van der Waals surface area contributed by atoms with E-state index in [0.717, 1.165) is 0 Å². The largest absolute Gasteiger partial charge is 0.706 e. The number of hydrogen-bond donors (Lipinski definition) is 0. The molecular formula is C7H6N3O2-. The van der Waals surface area contributed by atoms with E-state index in [1.54, 1.807) is 6.92 Å². The lowest BCUT2D eigenvalue weighted by Gasteiger charge is -2.01. The predicted molar refractivity (Wildman–Crippen MR) is 43.3 cm³/mol. The first kappa shape index (κ1) is 8.32. The van der Waals surface area contributed by atoms with Crippen LogP contribution in [0.2, 0.25) is 0 Å². The fourth-order valence-electron chi connectivity index (χ4n) is 0.819. The van der Waals surface area contributed by atoms with Crippen LogP contribution in [0.4, 0.5) is 11.4 Å². The minimum absolute atomic E-state index is 0.0756. The van der Waals surface area contributed by atoms with E-state index in [1.807, 2.05) is 0 Å². The van der Waals surface area contributed by atoms with Crippen molar-refractivity contribution in [3.63, 3.8) is 0 Å². The van der Waals surface area contributed by atoms with Crippen molar-refractivity contribution in [3.8, 4) is 0 Å². The predicted octanol–water partition coefficient (Wildman–Crippen LogP) is 2.56. The third-order valence-corrected chi connectivity index (χ3v) is 1.51. The summed E-state index contributed by atoms with van der Waals surface area (Å²) in [4.78, 5) is 9.73. The normalized spacial score (nSPS) is 9.42. The van der Waals surface area contributed by atoms with Gasteiger partial charge < -0.3 is 10.6 Å². The van der Waals surface area contributed by atoms with Crippen LogP contribution in [0, 0.1) is 17.0 Å². The maximum absolute atomic E-state index is 10.3. The average Bonchev–Trinajstić information content (AvgIpc) is 2.05. The molecule has 0 saturated heterocycles. The van der Waals surface area contributed by atoms with Gasteiger partial charge in [0.25, 0.3) is 5.69 Å². The lowest BCUT2D eigenvalue weighted by molar-refractivity contribution is -0.384. The Hall–Kier alpha value is -1.78. The third kappa shape index (κ3) is 1.45. The molecule has 0 saturated carbocycles. The molecule has 0 unspecified atom stereocenters. The molecule has 0 atom stereocenters. The lowest BCUT2D eigenvalue weighted by atomic mass is 10.2. The van der Waals surface area contributed by atoms with Crippen molar-refractivity contribution in [1.29, 1.82) is 0 Å². The maximum atomic E-state index is 10.3. The van der Waals surface area contributed by atoms with Crippen LogP contribution in [-0.2, 0) is 0 Å². The zero-order valence-corrected chi connectivity index (χ0v) is 6.39. The van der Waals surface area contributed by atoms with Crippen LogP contribution >= 0.6 is 0 Å². The summed E-state index contributed by atoms with van der Waals surface area (Å²) in [5.41, 5.74) is 9.27. The molecule has 1 aromatic carbocycles. The topological polar surface area (TPSA) is 77.8 Å². The van der Waals surface area contributed by atoms with Crippen LogP contribution in [-0.4, -0.2) is 4.92 Å². The highest BCUT2D eigenvalue weighted by Gasteiger charge is 2.05. The van der Waals surface area contributed by atoms with E-state index in [0.29, 0.717) is 5.56 Å². The van der Waals surface area contributed by atoms with Gasteiger partial charge >= 0.3 is 0 Å². The highest BCUT2D eigenvalue weighted by molar-refractivity contribution is 5.52. The van der Waals surface area contributed by atoms with Crippen molar-refractivity contribution in [2.24, 2.45) is 5.11 Å². The van der Waals surface area contributed by atoms with Gasteiger partial charge in [0.15, 0.2) is 0 Å². The molecule has 12 heavy (non-hydrogen) atoms. The van der Waals surface area contributed by atoms with Crippen LogP contribution in [0.15, 0.2) is 23.3 Å². The number of non-ortho nitro benzene ring substituents is 1. The van der Waals surface area contributed by atoms with Gasteiger partial charge in [-0.15, -0.1) is 0 Å². The molecule has 0 spiro atoms. The fourth-order valence-corrected chi connectivity index (χ4v) is 0.819. The second kappa shape index (κ2) is 3.08. The van der Waals surface area contributed by atoms with Gasteiger partial charge in [-0.25, -0.2) is 0 Å². The molecule has 0 heterocycles. The number of nitrogens with zero attached hydrogens (tertiary/aromatic N) is 3. The molecule has 0 fully saturated rings. The zero-order chi connectivity index (χ0) is 9.14. The quantitative estimate of drug-likeness (QED) is 0.382. The van der Waals surface area contributed by atoms with E-state index in [4.69, 9.17) is 5.53 Å². The molecule has 0 aliphatic heterocycles. The summed E-state index contributed by atoms with van der Waals surface area (Å²) in [6.07, 6.45) is 0. The van der Waals surface area contributed by atoms with Crippen molar-refractivity contribution < 1.29 is 4.92 Å². The Labute approximate surface area is 68.7 Å². The Morgan fingerprint density at radius 2 is 2.25 bits per heavy atom. The number of hydrogen-bond acceptors (Lipinski definition) is 3. The molecule has 0 radical (unpaired) electrons. The number of benzene rings is 1. The smallest absolute Gasteiger partial charge is 0.271 e. The summed E-state index contributed by atoms with van der Waals surface area (Å²) in [7, 11) is 0. The van der Waals surface area contributed by atoms with E-state index >= 15 is 0 Å². The monoisotopic (exact) mass is 164 g/mol. The highest BCUT2D eigenvalue weighted by Crippen LogP contribution is 2.23. The summed E-state index contributed by atoms with van der Waals surface area (Å²) >= 11 is 0. The first-order valence-corrected chi connectivity index (χ1v) is 3.25. The van der Waals surface area contributed by atoms with Gasteiger partial charge in [0.2, 0.25) is 0 Å². The molecule has 0 aliphatic rings.